The van der Waals surface area contributed by atoms with Crippen molar-refractivity contribution in [3.8, 4) is 0 Å². The Labute approximate surface area is 96.2 Å². The number of amides is 1. The Morgan fingerprint density at radius 3 is 2.75 bits per heavy atom. The van der Waals surface area contributed by atoms with Gasteiger partial charge in [-0.25, -0.2) is 9.36 Å². The molecule has 1 N–H and O–H groups in total. The number of rotatable bonds is 2. The van der Waals surface area contributed by atoms with Gasteiger partial charge in [-0.2, -0.15) is 0 Å². The first-order valence-electron chi connectivity index (χ1n) is 5.28. The van der Waals surface area contributed by atoms with Gasteiger partial charge >= 0.3 is 6.09 Å². The zero-order valence-corrected chi connectivity index (χ0v) is 10.3. The average Bonchev–Trinajstić information content (AvgIpc) is 2.12. The Bertz CT molecular complexity index is 370. The predicted octanol–water partition coefficient (Wildman–Crippen LogP) is 1.54. The van der Waals surface area contributed by atoms with Crippen molar-refractivity contribution in [2.75, 3.05) is 0 Å². The Balaban J connectivity index is 2.43. The third-order valence-corrected chi connectivity index (χ3v) is 1.84. The van der Waals surface area contributed by atoms with Crippen LogP contribution in [0.5, 0.6) is 0 Å². The van der Waals surface area contributed by atoms with E-state index in [1.165, 1.54) is 0 Å². The number of hydrogen-bond donors (Lipinski definition) is 1. The van der Waals surface area contributed by atoms with Gasteiger partial charge in [-0.3, -0.25) is 0 Å². The quantitative estimate of drug-likeness (QED) is 0.773. The van der Waals surface area contributed by atoms with E-state index in [9.17, 15) is 4.79 Å². The Kier molecular flexibility index (Phi) is 3.88. The lowest BCUT2D eigenvalue weighted by atomic mass is 10.2. The highest BCUT2D eigenvalue weighted by Crippen LogP contribution is 2.06. The molecule has 0 fully saturated rings. The van der Waals surface area contributed by atoms with E-state index in [0.717, 1.165) is 5.56 Å². The minimum atomic E-state index is -0.453. The van der Waals surface area contributed by atoms with E-state index in [1.807, 2.05) is 56.9 Å². The minimum Gasteiger partial charge on any atom is -0.444 e. The van der Waals surface area contributed by atoms with Crippen molar-refractivity contribution in [2.24, 2.45) is 7.05 Å². The summed E-state index contributed by atoms with van der Waals surface area (Å²) in [6, 6.07) is 3.89. The summed E-state index contributed by atoms with van der Waals surface area (Å²) in [5.74, 6) is 0. The molecule has 88 valence electrons. The fourth-order valence-electron chi connectivity index (χ4n) is 1.24. The maximum Gasteiger partial charge on any atom is 0.407 e. The Hall–Kier alpha value is -1.58. The molecule has 0 radical (unpaired) electrons. The van der Waals surface area contributed by atoms with Crippen LogP contribution in [0.2, 0.25) is 0 Å². The van der Waals surface area contributed by atoms with Gasteiger partial charge in [-0.15, -0.1) is 0 Å². The van der Waals surface area contributed by atoms with E-state index >= 15 is 0 Å². The normalized spacial score (nSPS) is 11.0. The van der Waals surface area contributed by atoms with Gasteiger partial charge in [-0.1, -0.05) is 0 Å². The predicted molar refractivity (Wildman–Crippen MR) is 60.7 cm³/mol. The van der Waals surface area contributed by atoms with Gasteiger partial charge in [0.15, 0.2) is 12.4 Å². The third kappa shape index (κ3) is 4.77. The molecule has 0 bridgehead atoms. The van der Waals surface area contributed by atoms with Crippen molar-refractivity contribution in [2.45, 2.75) is 32.9 Å². The first-order chi connectivity index (χ1) is 7.37. The molecule has 1 rings (SSSR count). The first kappa shape index (κ1) is 12.5. The lowest BCUT2D eigenvalue weighted by molar-refractivity contribution is -0.671. The van der Waals surface area contributed by atoms with Crippen LogP contribution >= 0.6 is 0 Å². The van der Waals surface area contributed by atoms with Gasteiger partial charge in [0.2, 0.25) is 0 Å². The number of nitrogens with zero attached hydrogens (tertiary/aromatic N) is 1. The van der Waals surface area contributed by atoms with Crippen molar-refractivity contribution in [3.63, 3.8) is 0 Å². The number of alkyl carbamates (subject to hydrolysis) is 1. The second kappa shape index (κ2) is 4.96. The highest BCUT2D eigenvalue weighted by molar-refractivity contribution is 5.67. The zero-order valence-electron chi connectivity index (χ0n) is 10.3. The van der Waals surface area contributed by atoms with E-state index < -0.39 is 5.60 Å². The van der Waals surface area contributed by atoms with Crippen molar-refractivity contribution in [1.82, 2.24) is 5.32 Å². The summed E-state index contributed by atoms with van der Waals surface area (Å²) >= 11 is 0. The third-order valence-electron chi connectivity index (χ3n) is 1.84. The number of carbonyl (C=O) groups is 1. The number of pyridine rings is 1. The fraction of sp³-hybridized carbons (Fsp3) is 0.500. The van der Waals surface area contributed by atoms with E-state index in [2.05, 4.69) is 5.32 Å². The Morgan fingerprint density at radius 2 is 2.19 bits per heavy atom. The summed E-state index contributed by atoms with van der Waals surface area (Å²) < 4.78 is 7.07. The first-order valence-corrected chi connectivity index (χ1v) is 5.28. The summed E-state index contributed by atoms with van der Waals surface area (Å²) in [6.45, 7) is 6.00. The van der Waals surface area contributed by atoms with Crippen LogP contribution in [0, 0.1) is 0 Å². The molecule has 1 amide bonds. The number of hydrogen-bond acceptors (Lipinski definition) is 2. The Morgan fingerprint density at radius 1 is 1.50 bits per heavy atom. The monoisotopic (exact) mass is 223 g/mol. The van der Waals surface area contributed by atoms with Crippen LogP contribution in [0.3, 0.4) is 0 Å². The molecule has 0 spiro atoms. The average molecular weight is 223 g/mol. The van der Waals surface area contributed by atoms with Crippen LogP contribution in [0.4, 0.5) is 4.79 Å². The molecule has 0 aliphatic heterocycles. The molecule has 0 unspecified atom stereocenters. The summed E-state index contributed by atoms with van der Waals surface area (Å²) in [6.07, 6.45) is 3.51. The van der Waals surface area contributed by atoms with E-state index in [1.54, 1.807) is 0 Å². The summed E-state index contributed by atoms with van der Waals surface area (Å²) in [7, 11) is 1.94. The second-order valence-electron chi connectivity index (χ2n) is 4.73. The van der Waals surface area contributed by atoms with E-state index in [0.29, 0.717) is 6.54 Å². The molecule has 1 aromatic heterocycles. The van der Waals surface area contributed by atoms with Gasteiger partial charge in [0.25, 0.3) is 0 Å². The molecular weight excluding hydrogens is 204 g/mol. The van der Waals surface area contributed by atoms with Gasteiger partial charge in [0, 0.05) is 11.6 Å². The van der Waals surface area contributed by atoms with Gasteiger partial charge in [0.1, 0.15) is 12.6 Å². The zero-order chi connectivity index (χ0) is 12.2. The SMILES string of the molecule is C[n+]1cccc(CNC(=O)OC(C)(C)C)c1. The van der Waals surface area contributed by atoms with Crippen LogP contribution in [0.25, 0.3) is 0 Å². The van der Waals surface area contributed by atoms with Gasteiger partial charge < -0.3 is 10.1 Å². The van der Waals surface area contributed by atoms with Crippen molar-refractivity contribution in [3.05, 3.63) is 30.1 Å². The molecule has 0 aliphatic carbocycles. The smallest absolute Gasteiger partial charge is 0.407 e. The fourth-order valence-corrected chi connectivity index (χ4v) is 1.24. The van der Waals surface area contributed by atoms with Crippen molar-refractivity contribution in [1.29, 1.82) is 0 Å². The lowest BCUT2D eigenvalue weighted by Gasteiger charge is -2.19. The standard InChI is InChI=1S/C12H18N2O2/c1-12(2,3)16-11(15)13-8-10-6-5-7-14(4)9-10/h5-7,9H,8H2,1-4H3/p+1. The highest BCUT2D eigenvalue weighted by Gasteiger charge is 2.15. The van der Waals surface area contributed by atoms with E-state index in [4.69, 9.17) is 4.74 Å². The highest BCUT2D eigenvalue weighted by atomic mass is 16.6. The van der Waals surface area contributed by atoms with Gasteiger partial charge in [0.05, 0.1) is 6.54 Å². The van der Waals surface area contributed by atoms with Crippen molar-refractivity contribution < 1.29 is 14.1 Å². The molecule has 0 aliphatic rings. The van der Waals surface area contributed by atoms with Crippen molar-refractivity contribution >= 4 is 6.09 Å². The molecule has 0 saturated heterocycles. The van der Waals surface area contributed by atoms with E-state index in [-0.39, 0.29) is 6.09 Å². The maximum atomic E-state index is 11.4. The molecule has 1 aromatic rings. The number of aryl methyl sites for hydroxylation is 1. The van der Waals surface area contributed by atoms with Crippen LogP contribution in [-0.2, 0) is 18.3 Å². The maximum absolute atomic E-state index is 11.4. The largest absolute Gasteiger partial charge is 0.444 e. The molecule has 0 atom stereocenters. The van der Waals surface area contributed by atoms with Gasteiger partial charge in [-0.05, 0) is 26.8 Å². The summed E-state index contributed by atoms with van der Waals surface area (Å²) in [5.41, 5.74) is 0.585. The molecule has 0 aromatic carbocycles. The number of carbonyl (C=O) groups excluding carboxylic acids is 1. The topological polar surface area (TPSA) is 42.2 Å². The minimum absolute atomic E-state index is 0.390. The number of aromatic nitrogens is 1. The van der Waals surface area contributed by atoms with Crippen LogP contribution in [-0.4, -0.2) is 11.7 Å². The number of nitrogens with one attached hydrogen (secondary N) is 1. The molecular formula is C12H19N2O2+. The summed E-state index contributed by atoms with van der Waals surface area (Å²) in [4.78, 5) is 11.4. The molecule has 0 saturated carbocycles. The van der Waals surface area contributed by atoms with Crippen LogP contribution < -0.4 is 9.88 Å². The molecule has 4 nitrogen and oxygen atoms in total. The number of ether oxygens (including phenoxy) is 1. The van der Waals surface area contributed by atoms with Crippen LogP contribution in [0.15, 0.2) is 24.5 Å². The molecule has 1 heterocycles. The lowest BCUT2D eigenvalue weighted by Crippen LogP contribution is -2.33. The molecule has 4 heteroatoms. The molecule has 16 heavy (non-hydrogen) atoms. The second-order valence-corrected chi connectivity index (χ2v) is 4.73. The van der Waals surface area contributed by atoms with Crippen LogP contribution in [0.1, 0.15) is 26.3 Å². The summed E-state index contributed by atoms with van der Waals surface area (Å²) in [5, 5.41) is 2.71.